The standard InChI is InChI=1S/C5H6N2O2/c8-5(9)4-1-2-6-3-7-4/h2-4H,1H2,(H,8,9). The van der Waals surface area contributed by atoms with E-state index in [0.717, 1.165) is 0 Å². The van der Waals surface area contributed by atoms with Crippen molar-refractivity contribution in [3.8, 4) is 0 Å². The summed E-state index contributed by atoms with van der Waals surface area (Å²) in [6.07, 6.45) is 3.22. The zero-order valence-corrected chi connectivity index (χ0v) is 4.69. The van der Waals surface area contributed by atoms with Crippen LogP contribution in [0.15, 0.2) is 9.98 Å². The fourth-order valence-electron chi connectivity index (χ4n) is 0.552. The first-order valence-corrected chi connectivity index (χ1v) is 2.57. The molecule has 0 radical (unpaired) electrons. The highest BCUT2D eigenvalue weighted by Crippen LogP contribution is 1.98. The van der Waals surface area contributed by atoms with Gasteiger partial charge in [-0.15, -0.1) is 0 Å². The number of carboxylic acids is 1. The van der Waals surface area contributed by atoms with Gasteiger partial charge < -0.3 is 5.11 Å². The Morgan fingerprint density at radius 2 is 2.56 bits per heavy atom. The lowest BCUT2D eigenvalue weighted by Gasteiger charge is -2.03. The van der Waals surface area contributed by atoms with Crippen molar-refractivity contribution in [2.45, 2.75) is 12.5 Å². The third-order valence-electron chi connectivity index (χ3n) is 1.03. The van der Waals surface area contributed by atoms with Crippen LogP contribution in [0.5, 0.6) is 0 Å². The first kappa shape index (κ1) is 5.94. The van der Waals surface area contributed by atoms with E-state index < -0.39 is 12.0 Å². The monoisotopic (exact) mass is 126 g/mol. The van der Waals surface area contributed by atoms with Gasteiger partial charge in [0.05, 0.1) is 0 Å². The Balaban J connectivity index is 2.56. The molecule has 0 fully saturated rings. The van der Waals surface area contributed by atoms with Crippen LogP contribution in [0.1, 0.15) is 6.42 Å². The lowest BCUT2D eigenvalue weighted by atomic mass is 10.2. The molecular weight excluding hydrogens is 120 g/mol. The van der Waals surface area contributed by atoms with Crippen LogP contribution in [0, 0.1) is 0 Å². The molecular formula is C5H6N2O2. The van der Waals surface area contributed by atoms with Gasteiger partial charge in [-0.25, -0.2) is 9.79 Å². The van der Waals surface area contributed by atoms with E-state index in [0.29, 0.717) is 6.42 Å². The number of carboxylic acid groups (broad SMARTS) is 1. The SMILES string of the molecule is O=C(O)C1CC=NC=N1. The minimum atomic E-state index is -0.891. The van der Waals surface area contributed by atoms with Gasteiger partial charge >= 0.3 is 5.97 Å². The van der Waals surface area contributed by atoms with Crippen LogP contribution in [0.2, 0.25) is 0 Å². The van der Waals surface area contributed by atoms with E-state index in [1.54, 1.807) is 6.21 Å². The topological polar surface area (TPSA) is 62.0 Å². The van der Waals surface area contributed by atoms with Gasteiger partial charge in [-0.1, -0.05) is 0 Å². The van der Waals surface area contributed by atoms with Crippen LogP contribution in [0.4, 0.5) is 0 Å². The van der Waals surface area contributed by atoms with Gasteiger partial charge in [0.1, 0.15) is 6.34 Å². The van der Waals surface area contributed by atoms with Crippen LogP contribution in [0.3, 0.4) is 0 Å². The molecule has 1 unspecified atom stereocenters. The van der Waals surface area contributed by atoms with E-state index in [2.05, 4.69) is 9.98 Å². The van der Waals surface area contributed by atoms with Crippen molar-refractivity contribution in [1.82, 2.24) is 0 Å². The maximum atomic E-state index is 10.2. The summed E-state index contributed by atoms with van der Waals surface area (Å²) in [5, 5.41) is 8.36. The van der Waals surface area contributed by atoms with E-state index in [1.807, 2.05) is 0 Å². The van der Waals surface area contributed by atoms with E-state index in [4.69, 9.17) is 5.11 Å². The highest BCUT2D eigenvalue weighted by Gasteiger charge is 2.14. The smallest absolute Gasteiger partial charge is 0.328 e. The molecule has 0 saturated heterocycles. The molecule has 48 valence electrons. The summed E-state index contributed by atoms with van der Waals surface area (Å²) in [4.78, 5) is 17.4. The van der Waals surface area contributed by atoms with Crippen molar-refractivity contribution in [3.05, 3.63) is 0 Å². The third kappa shape index (κ3) is 1.35. The van der Waals surface area contributed by atoms with Gasteiger partial charge in [-0.05, 0) is 0 Å². The number of aliphatic carboxylic acids is 1. The molecule has 1 aliphatic rings. The minimum absolute atomic E-state index is 0.409. The summed E-state index contributed by atoms with van der Waals surface area (Å²) in [5.74, 6) is -0.891. The number of rotatable bonds is 1. The summed E-state index contributed by atoms with van der Waals surface area (Å²) < 4.78 is 0. The van der Waals surface area contributed by atoms with Gasteiger partial charge in [0.2, 0.25) is 0 Å². The molecule has 1 atom stereocenters. The molecule has 1 N–H and O–H groups in total. The van der Waals surface area contributed by atoms with Crippen molar-refractivity contribution in [2.75, 3.05) is 0 Å². The Labute approximate surface area is 51.9 Å². The summed E-state index contributed by atoms with van der Waals surface area (Å²) in [6, 6.07) is -0.609. The summed E-state index contributed by atoms with van der Waals surface area (Å²) in [5.41, 5.74) is 0. The minimum Gasteiger partial charge on any atom is -0.480 e. The highest BCUT2D eigenvalue weighted by atomic mass is 16.4. The molecule has 0 aromatic heterocycles. The maximum absolute atomic E-state index is 10.2. The van der Waals surface area contributed by atoms with Crippen LogP contribution in [0.25, 0.3) is 0 Å². The molecule has 0 amide bonds. The molecule has 1 aliphatic heterocycles. The molecule has 0 aromatic carbocycles. The predicted molar refractivity (Wildman–Crippen MR) is 33.0 cm³/mol. The Hall–Kier alpha value is -1.19. The number of nitrogens with zero attached hydrogens (tertiary/aromatic N) is 2. The second kappa shape index (κ2) is 2.39. The van der Waals surface area contributed by atoms with Crippen molar-refractivity contribution in [1.29, 1.82) is 0 Å². The lowest BCUT2D eigenvalue weighted by molar-refractivity contribution is -0.138. The summed E-state index contributed by atoms with van der Waals surface area (Å²) >= 11 is 0. The average molecular weight is 126 g/mol. The number of aliphatic imine (C=N–C) groups is 2. The zero-order chi connectivity index (χ0) is 6.69. The molecule has 0 spiro atoms. The fraction of sp³-hybridized carbons (Fsp3) is 0.400. The van der Waals surface area contributed by atoms with Gasteiger partial charge in [0.25, 0.3) is 0 Å². The molecule has 4 nitrogen and oxygen atoms in total. The first-order valence-electron chi connectivity index (χ1n) is 2.57. The van der Waals surface area contributed by atoms with Crippen LogP contribution in [-0.2, 0) is 4.79 Å². The van der Waals surface area contributed by atoms with Gasteiger partial charge in [0, 0.05) is 12.6 Å². The molecule has 0 aliphatic carbocycles. The molecule has 0 aromatic rings. The molecule has 1 rings (SSSR count). The van der Waals surface area contributed by atoms with Crippen LogP contribution < -0.4 is 0 Å². The highest BCUT2D eigenvalue weighted by molar-refractivity contribution is 5.85. The van der Waals surface area contributed by atoms with Crippen molar-refractivity contribution in [3.63, 3.8) is 0 Å². The molecule has 1 heterocycles. The number of hydrogen-bond acceptors (Lipinski definition) is 3. The molecule has 4 heteroatoms. The van der Waals surface area contributed by atoms with E-state index in [-0.39, 0.29) is 0 Å². The normalized spacial score (nSPS) is 24.2. The lowest BCUT2D eigenvalue weighted by Crippen LogP contribution is -2.19. The van der Waals surface area contributed by atoms with Crippen LogP contribution >= 0.6 is 0 Å². The van der Waals surface area contributed by atoms with E-state index in [9.17, 15) is 4.79 Å². The maximum Gasteiger partial charge on any atom is 0.328 e. The predicted octanol–water partition coefficient (Wildman–Crippen LogP) is -0.0576. The Kier molecular flexibility index (Phi) is 1.58. The summed E-state index contributed by atoms with van der Waals surface area (Å²) in [6.45, 7) is 0. The van der Waals surface area contributed by atoms with E-state index in [1.165, 1.54) is 6.34 Å². The second-order valence-corrected chi connectivity index (χ2v) is 1.69. The second-order valence-electron chi connectivity index (χ2n) is 1.69. The fourth-order valence-corrected chi connectivity index (χ4v) is 0.552. The zero-order valence-electron chi connectivity index (χ0n) is 4.69. The summed E-state index contributed by atoms with van der Waals surface area (Å²) in [7, 11) is 0. The van der Waals surface area contributed by atoms with Gasteiger partial charge in [-0.3, -0.25) is 4.99 Å². The largest absolute Gasteiger partial charge is 0.480 e. The van der Waals surface area contributed by atoms with E-state index >= 15 is 0 Å². The Morgan fingerprint density at radius 3 is 2.89 bits per heavy atom. The quantitative estimate of drug-likeness (QED) is 0.535. The number of carbonyl (C=O) groups is 1. The molecule has 9 heavy (non-hydrogen) atoms. The molecule has 0 bridgehead atoms. The first-order chi connectivity index (χ1) is 4.30. The number of hydrogen-bond donors (Lipinski definition) is 1. The van der Waals surface area contributed by atoms with Crippen molar-refractivity contribution < 1.29 is 9.90 Å². The molecule has 0 saturated carbocycles. The van der Waals surface area contributed by atoms with Crippen LogP contribution in [-0.4, -0.2) is 29.7 Å². The van der Waals surface area contributed by atoms with Gasteiger partial charge in [0.15, 0.2) is 6.04 Å². The third-order valence-corrected chi connectivity index (χ3v) is 1.03. The Bertz CT molecular complexity index is 174. The van der Waals surface area contributed by atoms with Crippen molar-refractivity contribution in [2.24, 2.45) is 9.98 Å². The van der Waals surface area contributed by atoms with Crippen molar-refractivity contribution >= 4 is 18.5 Å². The average Bonchev–Trinajstić information content (AvgIpc) is 1.90. The van der Waals surface area contributed by atoms with Gasteiger partial charge in [-0.2, -0.15) is 0 Å². The Morgan fingerprint density at radius 1 is 1.78 bits per heavy atom.